The van der Waals surface area contributed by atoms with E-state index in [0.29, 0.717) is 16.1 Å². The molecule has 0 aliphatic heterocycles. The summed E-state index contributed by atoms with van der Waals surface area (Å²) < 4.78 is 0. The van der Waals surface area contributed by atoms with E-state index < -0.39 is 17.9 Å². The van der Waals surface area contributed by atoms with E-state index in [1.807, 2.05) is 0 Å². The molecule has 2 aromatic rings. The van der Waals surface area contributed by atoms with Gasteiger partial charge in [-0.3, -0.25) is 4.79 Å². The van der Waals surface area contributed by atoms with E-state index in [-0.39, 0.29) is 0 Å². The Labute approximate surface area is 113 Å². The summed E-state index contributed by atoms with van der Waals surface area (Å²) in [5, 5.41) is 13.4. The molecule has 1 unspecified atom stereocenters. The lowest BCUT2D eigenvalue weighted by Crippen LogP contribution is -2.33. The normalized spacial score (nSPS) is 11.8. The molecule has 1 atom stereocenters. The number of carbonyl (C=O) groups is 2. The maximum absolute atomic E-state index is 12.0. The minimum atomic E-state index is -1.10. The van der Waals surface area contributed by atoms with Crippen LogP contribution in [0, 0.1) is 0 Å². The summed E-state index contributed by atoms with van der Waals surface area (Å²) in [5.41, 5.74) is 6.38. The van der Waals surface area contributed by atoms with E-state index in [1.54, 1.807) is 35.7 Å². The smallest absolute Gasteiger partial charge is 0.331 e. The van der Waals surface area contributed by atoms with Crippen molar-refractivity contribution in [3.8, 4) is 0 Å². The molecule has 0 aliphatic rings. The number of carbonyl (C=O) groups excluding carboxylic acids is 1. The summed E-state index contributed by atoms with van der Waals surface area (Å²) in [6.45, 7) is 0. The van der Waals surface area contributed by atoms with E-state index >= 15 is 0 Å². The maximum atomic E-state index is 12.0. The molecule has 4 N–H and O–H groups in total. The first kappa shape index (κ1) is 13.1. The summed E-state index contributed by atoms with van der Waals surface area (Å²) in [5.74, 6) is -1.56. The van der Waals surface area contributed by atoms with E-state index in [1.165, 1.54) is 17.4 Å². The number of anilines is 1. The minimum absolute atomic E-state index is 0.336. The number of nitrogens with one attached hydrogen (secondary N) is 1. The van der Waals surface area contributed by atoms with Gasteiger partial charge in [0.1, 0.15) is 0 Å². The molecular formula is C13H12N2O3S. The number of rotatable bonds is 4. The van der Waals surface area contributed by atoms with Crippen LogP contribution in [0.3, 0.4) is 0 Å². The second-order valence-electron chi connectivity index (χ2n) is 3.89. The summed E-state index contributed by atoms with van der Waals surface area (Å²) in [4.78, 5) is 23.8. The van der Waals surface area contributed by atoms with E-state index in [4.69, 9.17) is 10.8 Å². The molecule has 6 heteroatoms. The molecule has 0 saturated heterocycles. The van der Waals surface area contributed by atoms with Crippen molar-refractivity contribution in [1.82, 2.24) is 5.32 Å². The molecule has 19 heavy (non-hydrogen) atoms. The Bertz CT molecular complexity index is 596. The van der Waals surface area contributed by atoms with Crippen molar-refractivity contribution < 1.29 is 14.7 Å². The molecule has 0 saturated carbocycles. The molecule has 1 aromatic heterocycles. The first-order valence-corrected chi connectivity index (χ1v) is 6.38. The van der Waals surface area contributed by atoms with Crippen LogP contribution in [0.2, 0.25) is 0 Å². The molecule has 0 fully saturated rings. The third-order valence-corrected chi connectivity index (χ3v) is 3.44. The molecule has 1 heterocycles. The second kappa shape index (κ2) is 5.53. The van der Waals surface area contributed by atoms with Gasteiger partial charge in [0.05, 0.1) is 0 Å². The van der Waals surface area contributed by atoms with Crippen molar-refractivity contribution in [2.75, 3.05) is 5.73 Å². The molecule has 0 bridgehead atoms. The van der Waals surface area contributed by atoms with Crippen molar-refractivity contribution >= 4 is 28.9 Å². The Hall–Kier alpha value is -2.34. The van der Waals surface area contributed by atoms with Crippen LogP contribution in [-0.4, -0.2) is 17.0 Å². The van der Waals surface area contributed by atoms with E-state index in [0.717, 1.165) is 0 Å². The number of carboxylic acid groups (broad SMARTS) is 1. The maximum Gasteiger partial charge on any atom is 0.331 e. The number of aliphatic carboxylic acids is 1. The highest BCUT2D eigenvalue weighted by Gasteiger charge is 2.23. The lowest BCUT2D eigenvalue weighted by Gasteiger charge is -2.13. The Morgan fingerprint density at radius 3 is 2.63 bits per heavy atom. The highest BCUT2D eigenvalue weighted by Crippen LogP contribution is 2.20. The molecule has 2 rings (SSSR count). The standard InChI is InChI=1S/C13H12N2O3S/c14-9-4-1-3-8(7-9)12(16)15-11(13(17)18)10-5-2-6-19-10/h1-7,11H,14H2,(H,15,16)(H,17,18). The molecule has 0 spiro atoms. The fourth-order valence-electron chi connectivity index (χ4n) is 1.60. The van der Waals surface area contributed by atoms with Crippen LogP contribution in [0.25, 0.3) is 0 Å². The monoisotopic (exact) mass is 276 g/mol. The fourth-order valence-corrected chi connectivity index (χ4v) is 2.37. The van der Waals surface area contributed by atoms with E-state index in [9.17, 15) is 9.59 Å². The van der Waals surface area contributed by atoms with Gasteiger partial charge in [-0.25, -0.2) is 4.79 Å². The number of amides is 1. The first-order chi connectivity index (χ1) is 9.08. The second-order valence-corrected chi connectivity index (χ2v) is 4.86. The third-order valence-electron chi connectivity index (χ3n) is 2.50. The van der Waals surface area contributed by atoms with Gasteiger partial charge >= 0.3 is 5.97 Å². The first-order valence-electron chi connectivity index (χ1n) is 5.50. The van der Waals surface area contributed by atoms with Gasteiger partial charge in [0.25, 0.3) is 5.91 Å². The SMILES string of the molecule is Nc1cccc(C(=O)NC(C(=O)O)c2cccs2)c1. The van der Waals surface area contributed by atoms with Gasteiger partial charge in [-0.1, -0.05) is 12.1 Å². The zero-order valence-corrected chi connectivity index (χ0v) is 10.7. The van der Waals surface area contributed by atoms with Gasteiger partial charge in [-0.05, 0) is 29.6 Å². The predicted molar refractivity (Wildman–Crippen MR) is 73.0 cm³/mol. The number of thiophene rings is 1. The van der Waals surface area contributed by atoms with Crippen LogP contribution in [0.4, 0.5) is 5.69 Å². The van der Waals surface area contributed by atoms with Gasteiger partial charge < -0.3 is 16.2 Å². The largest absolute Gasteiger partial charge is 0.479 e. The van der Waals surface area contributed by atoms with Gasteiger partial charge in [0, 0.05) is 16.1 Å². The molecule has 0 aliphatic carbocycles. The highest BCUT2D eigenvalue weighted by molar-refractivity contribution is 7.10. The van der Waals surface area contributed by atoms with Crippen LogP contribution < -0.4 is 11.1 Å². The van der Waals surface area contributed by atoms with Crippen molar-refractivity contribution in [3.05, 3.63) is 52.2 Å². The van der Waals surface area contributed by atoms with Crippen LogP contribution in [-0.2, 0) is 4.79 Å². The lowest BCUT2D eigenvalue weighted by molar-refractivity contribution is -0.139. The van der Waals surface area contributed by atoms with Crippen LogP contribution in [0.15, 0.2) is 41.8 Å². The summed E-state index contributed by atoms with van der Waals surface area (Å²) in [7, 11) is 0. The molecule has 98 valence electrons. The summed E-state index contributed by atoms with van der Waals surface area (Å²) in [6, 6.07) is 8.75. The Kier molecular flexibility index (Phi) is 3.82. The fraction of sp³-hybridized carbons (Fsp3) is 0.0769. The van der Waals surface area contributed by atoms with Crippen molar-refractivity contribution in [2.45, 2.75) is 6.04 Å². The quantitative estimate of drug-likeness (QED) is 0.743. The average molecular weight is 276 g/mol. The van der Waals surface area contributed by atoms with Crippen LogP contribution >= 0.6 is 11.3 Å². The Morgan fingerprint density at radius 2 is 2.05 bits per heavy atom. The third kappa shape index (κ3) is 3.11. The zero-order valence-electron chi connectivity index (χ0n) is 9.87. The average Bonchev–Trinajstić information content (AvgIpc) is 2.88. The number of benzene rings is 1. The predicted octanol–water partition coefficient (Wildman–Crippen LogP) is 1.89. The molecule has 1 amide bonds. The molecule has 1 aromatic carbocycles. The van der Waals surface area contributed by atoms with Gasteiger partial charge in [-0.2, -0.15) is 0 Å². The molecular weight excluding hydrogens is 264 g/mol. The number of nitrogen functional groups attached to an aromatic ring is 1. The number of hydrogen-bond acceptors (Lipinski definition) is 4. The topological polar surface area (TPSA) is 92.4 Å². The van der Waals surface area contributed by atoms with Gasteiger partial charge in [0.2, 0.25) is 0 Å². The highest BCUT2D eigenvalue weighted by atomic mass is 32.1. The van der Waals surface area contributed by atoms with Gasteiger partial charge in [-0.15, -0.1) is 11.3 Å². The van der Waals surface area contributed by atoms with Crippen molar-refractivity contribution in [2.24, 2.45) is 0 Å². The number of hydrogen-bond donors (Lipinski definition) is 3. The van der Waals surface area contributed by atoms with Crippen LogP contribution in [0.5, 0.6) is 0 Å². The summed E-state index contributed by atoms with van der Waals surface area (Å²) >= 11 is 1.28. The van der Waals surface area contributed by atoms with E-state index in [2.05, 4.69) is 5.32 Å². The Morgan fingerprint density at radius 1 is 1.26 bits per heavy atom. The number of nitrogens with two attached hydrogens (primary N) is 1. The Balaban J connectivity index is 2.19. The van der Waals surface area contributed by atoms with Crippen molar-refractivity contribution in [3.63, 3.8) is 0 Å². The summed E-state index contributed by atoms with van der Waals surface area (Å²) in [6.07, 6.45) is 0. The number of carboxylic acids is 1. The van der Waals surface area contributed by atoms with Gasteiger partial charge in [0.15, 0.2) is 6.04 Å². The lowest BCUT2D eigenvalue weighted by atomic mass is 10.1. The molecule has 0 radical (unpaired) electrons. The zero-order chi connectivity index (χ0) is 13.8. The van der Waals surface area contributed by atoms with Crippen molar-refractivity contribution in [1.29, 1.82) is 0 Å². The molecule has 5 nitrogen and oxygen atoms in total. The minimum Gasteiger partial charge on any atom is -0.479 e. The van der Waals surface area contributed by atoms with Crippen LogP contribution in [0.1, 0.15) is 21.3 Å².